The van der Waals surface area contributed by atoms with Gasteiger partial charge in [0.25, 0.3) is 5.91 Å². The van der Waals surface area contributed by atoms with Gasteiger partial charge in [0, 0.05) is 56.6 Å². The van der Waals surface area contributed by atoms with E-state index in [1.165, 1.54) is 27.7 Å². The minimum atomic E-state index is -5.79. The molecule has 2 fully saturated rings. The number of benzene rings is 1. The van der Waals surface area contributed by atoms with Crippen molar-refractivity contribution in [3.63, 3.8) is 0 Å². The minimum absolute atomic E-state index is 0.0928. The lowest BCUT2D eigenvalue weighted by Gasteiger charge is -2.38. The van der Waals surface area contributed by atoms with Crippen molar-refractivity contribution in [1.29, 1.82) is 0 Å². The molecule has 4 rings (SSSR count). The van der Waals surface area contributed by atoms with Gasteiger partial charge in [-0.1, -0.05) is 6.07 Å². The van der Waals surface area contributed by atoms with Crippen molar-refractivity contribution in [3.8, 4) is 0 Å². The molecule has 2 aliphatic heterocycles. The van der Waals surface area contributed by atoms with E-state index < -0.39 is 42.7 Å². The number of nitrogens with zero attached hydrogens (tertiary/aromatic N) is 3. The maximum Gasteiger partial charge on any atom is 0.399 e. The van der Waals surface area contributed by atoms with Crippen LogP contribution in [0.15, 0.2) is 24.3 Å². The first-order chi connectivity index (χ1) is 18.1. The molecule has 0 unspecified atom stereocenters. The average molecular weight is 570 g/mol. The smallest absolute Gasteiger partial charge is 0.351 e. The van der Waals surface area contributed by atoms with E-state index in [0.29, 0.717) is 25.8 Å². The van der Waals surface area contributed by atoms with Crippen LogP contribution < -0.4 is 5.32 Å². The molecule has 3 atom stereocenters. The van der Waals surface area contributed by atoms with Crippen LogP contribution in [0.3, 0.4) is 0 Å². The first-order valence-electron chi connectivity index (χ1n) is 12.3. The van der Waals surface area contributed by atoms with Gasteiger partial charge >= 0.3 is 13.3 Å². The molecule has 0 radical (unpaired) electrons. The van der Waals surface area contributed by atoms with Crippen LogP contribution in [0.1, 0.15) is 42.2 Å². The molecule has 2 aromatic rings. The number of amides is 4. The summed E-state index contributed by atoms with van der Waals surface area (Å²) in [6.45, 7) is 1.57. The van der Waals surface area contributed by atoms with Crippen LogP contribution in [0.2, 0.25) is 0 Å². The van der Waals surface area contributed by atoms with E-state index in [1.54, 1.807) is 14.1 Å². The van der Waals surface area contributed by atoms with E-state index in [9.17, 15) is 32.5 Å². The van der Waals surface area contributed by atoms with E-state index in [4.69, 9.17) is 9.79 Å². The van der Waals surface area contributed by atoms with Crippen molar-refractivity contribution in [2.24, 2.45) is 0 Å². The van der Waals surface area contributed by atoms with E-state index in [2.05, 4.69) is 10.3 Å². The predicted octanol–water partition coefficient (Wildman–Crippen LogP) is 1.19. The van der Waals surface area contributed by atoms with Gasteiger partial charge in [-0.15, -0.1) is 0 Å². The Morgan fingerprint density at radius 3 is 2.46 bits per heavy atom. The molecule has 0 saturated carbocycles. The molecule has 2 saturated heterocycles. The first kappa shape index (κ1) is 28.7. The topological polar surface area (TPSA) is 163 Å². The van der Waals surface area contributed by atoms with Gasteiger partial charge in [-0.25, -0.2) is 0 Å². The molecule has 39 heavy (non-hydrogen) atoms. The molecule has 15 heteroatoms. The molecular formula is C24H30F2N5O7P. The van der Waals surface area contributed by atoms with E-state index in [0.717, 1.165) is 18.2 Å². The number of aromatic amines is 1. The monoisotopic (exact) mass is 569 g/mol. The highest BCUT2D eigenvalue weighted by atomic mass is 31.2. The number of fused-ring (bicyclic) bond motifs is 2. The number of alkyl halides is 2. The predicted molar refractivity (Wildman–Crippen MR) is 135 cm³/mol. The van der Waals surface area contributed by atoms with Crippen LogP contribution in [0.25, 0.3) is 10.9 Å². The van der Waals surface area contributed by atoms with E-state index in [-0.39, 0.29) is 41.0 Å². The highest BCUT2D eigenvalue weighted by molar-refractivity contribution is 7.52. The van der Waals surface area contributed by atoms with Gasteiger partial charge in [0.2, 0.25) is 17.7 Å². The van der Waals surface area contributed by atoms with E-state index in [1.807, 2.05) is 0 Å². The number of carbonyl (C=O) groups is 4. The molecule has 0 aliphatic carbocycles. The fourth-order valence-electron chi connectivity index (χ4n) is 5.15. The highest BCUT2D eigenvalue weighted by Gasteiger charge is 2.50. The third kappa shape index (κ3) is 5.41. The normalized spacial score (nSPS) is 22.3. The Morgan fingerprint density at radius 1 is 1.15 bits per heavy atom. The number of rotatable bonds is 5. The number of aromatic nitrogens is 1. The zero-order valence-corrected chi connectivity index (χ0v) is 22.5. The van der Waals surface area contributed by atoms with Crippen molar-refractivity contribution >= 4 is 42.1 Å². The van der Waals surface area contributed by atoms with Crippen molar-refractivity contribution in [1.82, 2.24) is 25.0 Å². The zero-order valence-electron chi connectivity index (χ0n) is 21.6. The van der Waals surface area contributed by atoms with Crippen molar-refractivity contribution < 1.29 is 42.3 Å². The maximum atomic E-state index is 14.2. The van der Waals surface area contributed by atoms with Crippen molar-refractivity contribution in [3.05, 3.63) is 35.5 Å². The molecule has 12 nitrogen and oxygen atoms in total. The molecule has 4 N–H and O–H groups in total. The molecule has 0 bridgehead atoms. The SMILES string of the molecule is CC(=O)N1CC[C@H]2CC[C@@H](C(=O)N(C)C)N2C(=O)[C@@H](NC(=O)c2cc3cc(C(F)(F)P(=O)(O)O)ccc3[nH]2)C1. The summed E-state index contributed by atoms with van der Waals surface area (Å²) in [6, 6.07) is 1.94. The molecule has 1 aromatic heterocycles. The third-order valence-corrected chi connectivity index (χ3v) is 8.24. The fourth-order valence-corrected chi connectivity index (χ4v) is 5.63. The molecule has 2 aliphatic rings. The summed E-state index contributed by atoms with van der Waals surface area (Å²) in [5.74, 6) is -1.78. The fraction of sp³-hybridized carbons (Fsp3) is 0.500. The van der Waals surface area contributed by atoms with Crippen LogP contribution in [0.4, 0.5) is 8.78 Å². The van der Waals surface area contributed by atoms with Gasteiger partial charge in [0.15, 0.2) is 0 Å². The minimum Gasteiger partial charge on any atom is -0.351 e. The lowest BCUT2D eigenvalue weighted by atomic mass is 10.1. The van der Waals surface area contributed by atoms with Crippen LogP contribution in [-0.2, 0) is 24.6 Å². The number of hydrogen-bond donors (Lipinski definition) is 4. The summed E-state index contributed by atoms with van der Waals surface area (Å²) < 4.78 is 39.6. The van der Waals surface area contributed by atoms with Crippen LogP contribution >= 0.6 is 7.60 Å². The molecule has 212 valence electrons. The van der Waals surface area contributed by atoms with Gasteiger partial charge in [-0.2, -0.15) is 8.78 Å². The Hall–Kier alpha value is -3.35. The Labute approximate surface area is 222 Å². The van der Waals surface area contributed by atoms with Crippen LogP contribution in [0, 0.1) is 0 Å². The third-order valence-electron chi connectivity index (χ3n) is 7.25. The average Bonchev–Trinajstić information content (AvgIpc) is 3.46. The van der Waals surface area contributed by atoms with Gasteiger partial charge in [0.05, 0.1) is 0 Å². The number of carbonyl (C=O) groups excluding carboxylic acids is 4. The number of H-pyrrole nitrogens is 1. The molecular weight excluding hydrogens is 539 g/mol. The molecule has 4 amide bonds. The summed E-state index contributed by atoms with van der Waals surface area (Å²) in [6.07, 6.45) is 1.52. The highest BCUT2D eigenvalue weighted by Crippen LogP contribution is 2.59. The molecule has 3 heterocycles. The largest absolute Gasteiger partial charge is 0.399 e. The summed E-state index contributed by atoms with van der Waals surface area (Å²) in [5.41, 5.74) is -5.19. The standard InChI is InChI=1S/C24H30F2N5O7P/c1-13(32)30-9-8-16-5-7-20(23(35)29(2)3)31(16)22(34)19(12-30)28-21(33)18-11-14-10-15(4-6-17(14)27-18)24(25,26)39(36,37)38/h4,6,10-11,16,19-20,27H,5,7-9,12H2,1-3H3,(H,28,33)(H2,36,37,38)/t16-,19+,20+/m1/s1. The Bertz CT molecular complexity index is 1370. The lowest BCUT2D eigenvalue weighted by Crippen LogP contribution is -2.61. The summed E-state index contributed by atoms with van der Waals surface area (Å²) in [4.78, 5) is 77.1. The lowest BCUT2D eigenvalue weighted by molar-refractivity contribution is -0.147. The maximum absolute atomic E-state index is 14.2. The van der Waals surface area contributed by atoms with Crippen molar-refractivity contribution in [2.45, 2.75) is 50.0 Å². The number of hydrogen-bond acceptors (Lipinski definition) is 5. The number of halogens is 2. The van der Waals surface area contributed by atoms with Crippen molar-refractivity contribution in [2.75, 3.05) is 27.2 Å². The molecule has 0 spiro atoms. The van der Waals surface area contributed by atoms with Crippen LogP contribution in [-0.4, -0.2) is 98.4 Å². The first-order valence-corrected chi connectivity index (χ1v) is 13.9. The van der Waals surface area contributed by atoms with Crippen LogP contribution in [0.5, 0.6) is 0 Å². The second-order valence-electron chi connectivity index (χ2n) is 10.1. The number of nitrogens with one attached hydrogen (secondary N) is 2. The quantitative estimate of drug-likeness (QED) is 0.393. The molecule has 1 aromatic carbocycles. The Kier molecular flexibility index (Phi) is 7.58. The summed E-state index contributed by atoms with van der Waals surface area (Å²) >= 11 is 0. The Balaban J connectivity index is 1.63. The summed E-state index contributed by atoms with van der Waals surface area (Å²) in [5, 5.41) is 2.71. The van der Waals surface area contributed by atoms with Gasteiger partial charge in [0.1, 0.15) is 17.8 Å². The van der Waals surface area contributed by atoms with Gasteiger partial charge < -0.3 is 34.8 Å². The summed E-state index contributed by atoms with van der Waals surface area (Å²) in [7, 11) is -2.60. The number of likely N-dealkylation sites (N-methyl/N-ethyl adjacent to an activating group) is 1. The zero-order chi connectivity index (χ0) is 28.9. The van der Waals surface area contributed by atoms with Gasteiger partial charge in [-0.05, 0) is 37.5 Å². The van der Waals surface area contributed by atoms with E-state index >= 15 is 0 Å². The Morgan fingerprint density at radius 2 is 1.85 bits per heavy atom. The second kappa shape index (κ2) is 10.3. The van der Waals surface area contributed by atoms with Gasteiger partial charge in [-0.3, -0.25) is 23.7 Å². The second-order valence-corrected chi connectivity index (χ2v) is 11.7.